The molecule has 1 unspecified atom stereocenters. The summed E-state index contributed by atoms with van der Waals surface area (Å²) in [7, 11) is 0. The van der Waals surface area contributed by atoms with Gasteiger partial charge in [0, 0.05) is 51.9 Å². The number of nitrogens with one attached hydrogen (secondary N) is 1. The molecule has 1 atom stereocenters. The van der Waals surface area contributed by atoms with E-state index in [-0.39, 0.29) is 18.4 Å². The number of urea groups is 1. The van der Waals surface area contributed by atoms with E-state index in [0.717, 1.165) is 58.3 Å². The summed E-state index contributed by atoms with van der Waals surface area (Å²) in [6.45, 7) is 10.4. The summed E-state index contributed by atoms with van der Waals surface area (Å²) >= 11 is 0. The second-order valence-electron chi connectivity index (χ2n) is 6.62. The molecule has 3 heterocycles. The number of likely N-dealkylation sites (tertiary alicyclic amines) is 1. The van der Waals surface area contributed by atoms with Crippen LogP contribution in [0.2, 0.25) is 0 Å². The predicted molar refractivity (Wildman–Crippen MR) is 87.0 cm³/mol. The lowest BCUT2D eigenvalue weighted by Gasteiger charge is -2.41. The Hall–Kier alpha value is -0.520. The number of amides is 2. The van der Waals surface area contributed by atoms with Crippen molar-refractivity contribution in [1.82, 2.24) is 20.0 Å². The number of rotatable bonds is 1. The van der Waals surface area contributed by atoms with Crippen LogP contribution in [0.25, 0.3) is 0 Å². The van der Waals surface area contributed by atoms with E-state index in [9.17, 15) is 4.79 Å². The second kappa shape index (κ2) is 7.65. The molecule has 6 heteroatoms. The van der Waals surface area contributed by atoms with E-state index in [2.05, 4.69) is 26.9 Å². The maximum Gasteiger partial charge on any atom is 0.320 e. The summed E-state index contributed by atoms with van der Waals surface area (Å²) < 4.78 is 0. The van der Waals surface area contributed by atoms with E-state index in [4.69, 9.17) is 0 Å². The number of piperidine rings is 1. The Morgan fingerprint density at radius 2 is 1.57 bits per heavy atom. The number of nitrogens with zero attached hydrogens (tertiary/aromatic N) is 3. The van der Waals surface area contributed by atoms with Gasteiger partial charge in [-0.05, 0) is 31.7 Å². The molecule has 0 spiro atoms. The van der Waals surface area contributed by atoms with Gasteiger partial charge in [0.15, 0.2) is 0 Å². The molecule has 0 radical (unpaired) electrons. The summed E-state index contributed by atoms with van der Waals surface area (Å²) in [5.74, 6) is 0.783. The van der Waals surface area contributed by atoms with Crippen molar-refractivity contribution >= 4 is 18.4 Å². The molecule has 21 heavy (non-hydrogen) atoms. The van der Waals surface area contributed by atoms with Gasteiger partial charge in [0.05, 0.1) is 0 Å². The van der Waals surface area contributed by atoms with Crippen molar-refractivity contribution in [1.29, 1.82) is 0 Å². The Bertz CT molecular complexity index is 333. The lowest BCUT2D eigenvalue weighted by molar-refractivity contribution is 0.0879. The Kier molecular flexibility index (Phi) is 6.14. The Morgan fingerprint density at radius 1 is 0.952 bits per heavy atom. The molecule has 5 nitrogen and oxygen atoms in total. The summed E-state index contributed by atoms with van der Waals surface area (Å²) in [6, 6.07) is 0.976. The Balaban J connectivity index is 0.00000161. The van der Waals surface area contributed by atoms with E-state index in [1.165, 1.54) is 19.3 Å². The van der Waals surface area contributed by atoms with Crippen LogP contribution in [0.1, 0.15) is 26.2 Å². The molecule has 0 aromatic heterocycles. The van der Waals surface area contributed by atoms with E-state index < -0.39 is 0 Å². The normalized spacial score (nSPS) is 28.5. The van der Waals surface area contributed by atoms with Crippen LogP contribution in [0.3, 0.4) is 0 Å². The fourth-order valence-corrected chi connectivity index (χ4v) is 3.63. The van der Waals surface area contributed by atoms with Crippen LogP contribution >= 0.6 is 12.4 Å². The molecule has 0 aromatic carbocycles. The van der Waals surface area contributed by atoms with E-state index in [1.807, 2.05) is 0 Å². The fraction of sp³-hybridized carbons (Fsp3) is 0.933. The van der Waals surface area contributed by atoms with Crippen LogP contribution in [0.15, 0.2) is 0 Å². The minimum absolute atomic E-state index is 0. The predicted octanol–water partition coefficient (Wildman–Crippen LogP) is 1.24. The summed E-state index contributed by atoms with van der Waals surface area (Å²) in [5, 5.41) is 3.43. The van der Waals surface area contributed by atoms with Gasteiger partial charge in [-0.25, -0.2) is 4.79 Å². The van der Waals surface area contributed by atoms with Gasteiger partial charge in [-0.1, -0.05) is 6.92 Å². The molecule has 122 valence electrons. The first-order valence-electron chi connectivity index (χ1n) is 8.22. The average molecular weight is 317 g/mol. The van der Waals surface area contributed by atoms with Crippen molar-refractivity contribution in [2.75, 3.05) is 52.4 Å². The number of carbonyl (C=O) groups is 1. The van der Waals surface area contributed by atoms with Gasteiger partial charge in [-0.15, -0.1) is 12.4 Å². The highest BCUT2D eigenvalue weighted by atomic mass is 35.5. The van der Waals surface area contributed by atoms with E-state index in [1.54, 1.807) is 0 Å². The maximum atomic E-state index is 12.5. The standard InChI is InChI=1S/C15H28N4O.ClH/c1-13-3-6-18(7-4-13)15(20)19-10-8-17(9-11-19)14-2-5-16-12-14;/h13-14,16H,2-12H2,1H3;1H. The van der Waals surface area contributed by atoms with E-state index >= 15 is 0 Å². The van der Waals surface area contributed by atoms with Crippen LogP contribution in [0.4, 0.5) is 4.79 Å². The summed E-state index contributed by atoms with van der Waals surface area (Å²) in [4.78, 5) is 19.2. The molecule has 0 saturated carbocycles. The van der Waals surface area contributed by atoms with Crippen LogP contribution in [-0.4, -0.2) is 79.1 Å². The highest BCUT2D eigenvalue weighted by molar-refractivity contribution is 5.85. The zero-order chi connectivity index (χ0) is 13.9. The highest BCUT2D eigenvalue weighted by Crippen LogP contribution is 2.18. The van der Waals surface area contributed by atoms with Gasteiger partial charge in [-0.3, -0.25) is 4.90 Å². The van der Waals surface area contributed by atoms with Gasteiger partial charge in [0.2, 0.25) is 0 Å². The topological polar surface area (TPSA) is 38.8 Å². The van der Waals surface area contributed by atoms with Crippen LogP contribution in [0, 0.1) is 5.92 Å². The van der Waals surface area contributed by atoms with E-state index in [0.29, 0.717) is 6.04 Å². The molecule has 0 aliphatic carbocycles. The third kappa shape index (κ3) is 4.02. The number of carbonyl (C=O) groups excluding carboxylic acids is 1. The molecular weight excluding hydrogens is 288 g/mol. The fourth-order valence-electron chi connectivity index (χ4n) is 3.63. The Labute approximate surface area is 134 Å². The number of hydrogen-bond acceptors (Lipinski definition) is 3. The number of hydrogen-bond donors (Lipinski definition) is 1. The largest absolute Gasteiger partial charge is 0.325 e. The Morgan fingerprint density at radius 3 is 2.14 bits per heavy atom. The third-order valence-electron chi connectivity index (χ3n) is 5.19. The average Bonchev–Trinajstić information content (AvgIpc) is 3.02. The molecule has 3 saturated heterocycles. The molecule has 3 aliphatic rings. The van der Waals surface area contributed by atoms with Crippen molar-refractivity contribution in [3.63, 3.8) is 0 Å². The van der Waals surface area contributed by atoms with Crippen molar-refractivity contribution in [2.24, 2.45) is 5.92 Å². The van der Waals surface area contributed by atoms with Crippen molar-refractivity contribution in [3.05, 3.63) is 0 Å². The van der Waals surface area contributed by atoms with Gasteiger partial charge in [-0.2, -0.15) is 0 Å². The van der Waals surface area contributed by atoms with Gasteiger partial charge < -0.3 is 15.1 Å². The minimum atomic E-state index is 0. The molecule has 1 N–H and O–H groups in total. The summed E-state index contributed by atoms with van der Waals surface area (Å²) in [6.07, 6.45) is 3.59. The number of piperazine rings is 1. The smallest absolute Gasteiger partial charge is 0.320 e. The molecule has 3 aliphatic heterocycles. The summed E-state index contributed by atoms with van der Waals surface area (Å²) in [5.41, 5.74) is 0. The van der Waals surface area contributed by atoms with Crippen LogP contribution in [0.5, 0.6) is 0 Å². The van der Waals surface area contributed by atoms with Crippen LogP contribution < -0.4 is 5.32 Å². The monoisotopic (exact) mass is 316 g/mol. The van der Waals surface area contributed by atoms with Gasteiger partial charge in [0.1, 0.15) is 0 Å². The lowest BCUT2D eigenvalue weighted by Crippen LogP contribution is -2.56. The van der Waals surface area contributed by atoms with Crippen molar-refractivity contribution in [2.45, 2.75) is 32.2 Å². The molecule has 3 fully saturated rings. The van der Waals surface area contributed by atoms with Gasteiger partial charge >= 0.3 is 6.03 Å². The first-order chi connectivity index (χ1) is 9.74. The van der Waals surface area contributed by atoms with Crippen molar-refractivity contribution in [3.8, 4) is 0 Å². The lowest BCUT2D eigenvalue weighted by atomic mass is 9.99. The molecule has 2 amide bonds. The zero-order valence-corrected chi connectivity index (χ0v) is 13.9. The second-order valence-corrected chi connectivity index (χ2v) is 6.62. The number of halogens is 1. The first kappa shape index (κ1) is 16.8. The maximum absolute atomic E-state index is 12.5. The molecule has 3 rings (SSSR count). The first-order valence-corrected chi connectivity index (χ1v) is 8.22. The quantitative estimate of drug-likeness (QED) is 0.791. The van der Waals surface area contributed by atoms with Crippen LogP contribution in [-0.2, 0) is 0 Å². The SMILES string of the molecule is CC1CCN(C(=O)N2CCN(C3CCNC3)CC2)CC1.Cl. The van der Waals surface area contributed by atoms with Gasteiger partial charge in [0.25, 0.3) is 0 Å². The van der Waals surface area contributed by atoms with Crippen molar-refractivity contribution < 1.29 is 4.79 Å². The third-order valence-corrected chi connectivity index (χ3v) is 5.19. The molecule has 0 bridgehead atoms. The zero-order valence-electron chi connectivity index (χ0n) is 13.1. The molecular formula is C15H29ClN4O. The highest BCUT2D eigenvalue weighted by Gasteiger charge is 2.30. The minimum Gasteiger partial charge on any atom is -0.325 e. The molecule has 0 aromatic rings.